The molecule has 1 unspecified atom stereocenters. The number of carbonyl (C=O) groups is 1. The van der Waals surface area contributed by atoms with Gasteiger partial charge in [-0.2, -0.15) is 5.10 Å². The van der Waals surface area contributed by atoms with Crippen molar-refractivity contribution in [2.75, 3.05) is 0 Å². The Balaban J connectivity index is 1.81. The third-order valence-electron chi connectivity index (χ3n) is 3.81. The molecule has 3 rings (SSSR count). The highest BCUT2D eigenvalue weighted by Gasteiger charge is 2.25. The summed E-state index contributed by atoms with van der Waals surface area (Å²) < 4.78 is 2.04. The maximum Gasteiger partial charge on any atom is 0.220 e. The van der Waals surface area contributed by atoms with E-state index in [1.807, 2.05) is 29.1 Å². The van der Waals surface area contributed by atoms with Crippen LogP contribution >= 0.6 is 0 Å². The van der Waals surface area contributed by atoms with Gasteiger partial charge in [-0.25, -0.2) is 0 Å². The zero-order valence-corrected chi connectivity index (χ0v) is 10.7. The molecule has 98 valence electrons. The first kappa shape index (κ1) is 12.0. The van der Waals surface area contributed by atoms with Crippen molar-refractivity contribution in [3.63, 3.8) is 0 Å². The summed E-state index contributed by atoms with van der Waals surface area (Å²) in [7, 11) is 0. The van der Waals surface area contributed by atoms with Gasteiger partial charge in [-0.15, -0.1) is 0 Å². The summed E-state index contributed by atoms with van der Waals surface area (Å²) in [5, 5.41) is 4.45. The SMILES string of the molecule is NC(=O)C1CCc2c(cnn2Cc2ccccc2)C1. The third kappa shape index (κ3) is 2.38. The molecule has 0 aliphatic heterocycles. The van der Waals surface area contributed by atoms with E-state index in [0.29, 0.717) is 0 Å². The predicted molar refractivity (Wildman–Crippen MR) is 72.5 cm³/mol. The second kappa shape index (κ2) is 4.88. The zero-order valence-electron chi connectivity index (χ0n) is 10.7. The molecule has 0 saturated heterocycles. The first-order valence-electron chi connectivity index (χ1n) is 6.61. The number of carbonyl (C=O) groups excluding carboxylic acids is 1. The van der Waals surface area contributed by atoms with E-state index in [0.717, 1.165) is 25.8 Å². The van der Waals surface area contributed by atoms with Gasteiger partial charge < -0.3 is 5.73 Å². The maximum atomic E-state index is 11.3. The van der Waals surface area contributed by atoms with E-state index in [-0.39, 0.29) is 11.8 Å². The highest BCUT2D eigenvalue weighted by atomic mass is 16.1. The molecule has 2 N–H and O–H groups in total. The van der Waals surface area contributed by atoms with Gasteiger partial charge in [0.2, 0.25) is 5.91 Å². The number of fused-ring (bicyclic) bond motifs is 1. The normalized spacial score (nSPS) is 18.0. The van der Waals surface area contributed by atoms with Crippen LogP contribution in [-0.2, 0) is 24.2 Å². The van der Waals surface area contributed by atoms with Crippen molar-refractivity contribution in [1.82, 2.24) is 9.78 Å². The summed E-state index contributed by atoms with van der Waals surface area (Å²) in [5.74, 6) is -0.219. The quantitative estimate of drug-likeness (QED) is 0.904. The molecular weight excluding hydrogens is 238 g/mol. The molecular formula is C15H17N3O. The summed E-state index contributed by atoms with van der Waals surface area (Å²) in [6.45, 7) is 0.789. The van der Waals surface area contributed by atoms with E-state index in [2.05, 4.69) is 17.2 Å². The monoisotopic (exact) mass is 255 g/mol. The van der Waals surface area contributed by atoms with E-state index in [9.17, 15) is 4.79 Å². The van der Waals surface area contributed by atoms with Crippen LogP contribution < -0.4 is 5.73 Å². The van der Waals surface area contributed by atoms with Crippen LogP contribution in [0.15, 0.2) is 36.5 Å². The summed E-state index contributed by atoms with van der Waals surface area (Å²) in [5.41, 5.74) is 9.05. The average molecular weight is 255 g/mol. The number of aromatic nitrogens is 2. The summed E-state index contributed by atoms with van der Waals surface area (Å²) >= 11 is 0. The Hall–Kier alpha value is -2.10. The fourth-order valence-corrected chi connectivity index (χ4v) is 2.72. The molecule has 1 aliphatic carbocycles. The molecule has 1 aromatic carbocycles. The number of nitrogens with two attached hydrogens (primary N) is 1. The number of amides is 1. The third-order valence-corrected chi connectivity index (χ3v) is 3.81. The molecule has 0 fully saturated rings. The lowest BCUT2D eigenvalue weighted by molar-refractivity contribution is -0.122. The molecule has 0 bridgehead atoms. The minimum atomic E-state index is -0.193. The van der Waals surface area contributed by atoms with Gasteiger partial charge in [0.25, 0.3) is 0 Å². The van der Waals surface area contributed by atoms with E-state index in [1.54, 1.807) is 0 Å². The lowest BCUT2D eigenvalue weighted by Gasteiger charge is -2.20. The Morgan fingerprint density at radius 1 is 1.37 bits per heavy atom. The molecule has 1 atom stereocenters. The zero-order chi connectivity index (χ0) is 13.2. The lowest BCUT2D eigenvalue weighted by Crippen LogP contribution is -2.29. The molecule has 0 radical (unpaired) electrons. The molecule has 1 aliphatic rings. The van der Waals surface area contributed by atoms with Crippen LogP contribution in [0.2, 0.25) is 0 Å². The van der Waals surface area contributed by atoms with Gasteiger partial charge >= 0.3 is 0 Å². The van der Waals surface area contributed by atoms with E-state index >= 15 is 0 Å². The molecule has 0 saturated carbocycles. The molecule has 1 amide bonds. The van der Waals surface area contributed by atoms with Crippen molar-refractivity contribution in [1.29, 1.82) is 0 Å². The van der Waals surface area contributed by atoms with Crippen molar-refractivity contribution >= 4 is 5.91 Å². The summed E-state index contributed by atoms with van der Waals surface area (Å²) in [6.07, 6.45) is 4.34. The van der Waals surface area contributed by atoms with Gasteiger partial charge in [0.05, 0.1) is 12.7 Å². The van der Waals surface area contributed by atoms with Gasteiger partial charge in [-0.3, -0.25) is 9.48 Å². The number of rotatable bonds is 3. The van der Waals surface area contributed by atoms with Gasteiger partial charge in [0.1, 0.15) is 0 Å². The van der Waals surface area contributed by atoms with Crippen molar-refractivity contribution in [2.45, 2.75) is 25.8 Å². The molecule has 2 aromatic rings. The predicted octanol–water partition coefficient (Wildman–Crippen LogP) is 1.52. The van der Waals surface area contributed by atoms with E-state index < -0.39 is 0 Å². The number of primary amides is 1. The molecule has 4 heteroatoms. The van der Waals surface area contributed by atoms with Crippen LogP contribution in [0.3, 0.4) is 0 Å². The van der Waals surface area contributed by atoms with Gasteiger partial charge in [-0.1, -0.05) is 30.3 Å². The highest BCUT2D eigenvalue weighted by molar-refractivity contribution is 5.77. The number of nitrogens with zero attached hydrogens (tertiary/aromatic N) is 2. The molecule has 4 nitrogen and oxygen atoms in total. The highest BCUT2D eigenvalue weighted by Crippen LogP contribution is 2.25. The van der Waals surface area contributed by atoms with Gasteiger partial charge in [-0.05, 0) is 30.4 Å². The van der Waals surface area contributed by atoms with Crippen LogP contribution in [-0.4, -0.2) is 15.7 Å². The topological polar surface area (TPSA) is 60.9 Å². The van der Waals surface area contributed by atoms with Crippen molar-refractivity contribution in [3.05, 3.63) is 53.3 Å². The molecule has 19 heavy (non-hydrogen) atoms. The first-order valence-corrected chi connectivity index (χ1v) is 6.61. The molecule has 1 aromatic heterocycles. The fourth-order valence-electron chi connectivity index (χ4n) is 2.72. The first-order chi connectivity index (χ1) is 9.24. The lowest BCUT2D eigenvalue weighted by atomic mass is 9.87. The number of hydrogen-bond donors (Lipinski definition) is 1. The number of benzene rings is 1. The van der Waals surface area contributed by atoms with Crippen LogP contribution in [0.5, 0.6) is 0 Å². The van der Waals surface area contributed by atoms with Crippen molar-refractivity contribution in [2.24, 2.45) is 11.7 Å². The Bertz CT molecular complexity index is 589. The van der Waals surface area contributed by atoms with Crippen LogP contribution in [0.25, 0.3) is 0 Å². The fraction of sp³-hybridized carbons (Fsp3) is 0.333. The average Bonchev–Trinajstić information content (AvgIpc) is 2.82. The molecule has 1 heterocycles. The second-order valence-corrected chi connectivity index (χ2v) is 5.10. The Labute approximate surface area is 112 Å². The Kier molecular flexibility index (Phi) is 3.07. The largest absolute Gasteiger partial charge is 0.369 e. The van der Waals surface area contributed by atoms with E-state index in [1.165, 1.54) is 16.8 Å². The number of hydrogen-bond acceptors (Lipinski definition) is 2. The van der Waals surface area contributed by atoms with Crippen molar-refractivity contribution in [3.8, 4) is 0 Å². The summed E-state index contributed by atoms with van der Waals surface area (Å²) in [6, 6.07) is 10.3. The van der Waals surface area contributed by atoms with E-state index in [4.69, 9.17) is 5.73 Å². The standard InChI is InChI=1S/C15H17N3O/c16-15(19)12-6-7-14-13(8-12)9-17-18(14)10-11-4-2-1-3-5-11/h1-5,9,12H,6-8,10H2,(H2,16,19). The smallest absolute Gasteiger partial charge is 0.220 e. The maximum absolute atomic E-state index is 11.3. The van der Waals surface area contributed by atoms with Crippen LogP contribution in [0, 0.1) is 5.92 Å². The van der Waals surface area contributed by atoms with Crippen LogP contribution in [0.4, 0.5) is 0 Å². The Morgan fingerprint density at radius 3 is 2.89 bits per heavy atom. The minimum Gasteiger partial charge on any atom is -0.369 e. The second-order valence-electron chi connectivity index (χ2n) is 5.10. The summed E-state index contributed by atoms with van der Waals surface area (Å²) in [4.78, 5) is 11.3. The molecule has 0 spiro atoms. The van der Waals surface area contributed by atoms with Gasteiger partial charge in [0, 0.05) is 11.6 Å². The minimum absolute atomic E-state index is 0.0260. The van der Waals surface area contributed by atoms with Crippen LogP contribution in [0.1, 0.15) is 23.2 Å². The van der Waals surface area contributed by atoms with Gasteiger partial charge in [0.15, 0.2) is 0 Å². The van der Waals surface area contributed by atoms with Crippen molar-refractivity contribution < 1.29 is 4.79 Å². The Morgan fingerprint density at radius 2 is 2.16 bits per heavy atom.